The molecule has 0 fully saturated rings. The summed E-state index contributed by atoms with van der Waals surface area (Å²) in [6.07, 6.45) is 1.89. The molecule has 0 aliphatic heterocycles. The molecule has 3 aromatic heterocycles. The Labute approximate surface area is 325 Å². The zero-order chi connectivity index (χ0) is 35.5. The van der Waals surface area contributed by atoms with Crippen molar-refractivity contribution in [1.29, 1.82) is 0 Å². The Balaban J connectivity index is 0.00000420. The smallest absolute Gasteiger partial charge is 0.778 e. The van der Waals surface area contributed by atoms with Gasteiger partial charge in [-0.15, -0.1) is 22.4 Å². The minimum Gasteiger partial charge on any atom is -0.778 e. The third kappa shape index (κ3) is 6.53. The van der Waals surface area contributed by atoms with Crippen LogP contribution >= 0.6 is 0 Å². The summed E-state index contributed by atoms with van der Waals surface area (Å²) in [4.78, 5) is 10.5. The summed E-state index contributed by atoms with van der Waals surface area (Å²) < 4.78 is 8.63. The van der Waals surface area contributed by atoms with E-state index in [1.807, 2.05) is 24.4 Å². The van der Waals surface area contributed by atoms with Crippen LogP contribution in [0.2, 0.25) is 0 Å². The molecule has 6 heteroatoms. The Morgan fingerprint density at radius 3 is 2.10 bits per heavy atom. The van der Waals surface area contributed by atoms with Gasteiger partial charge in [-0.05, 0) is 73.9 Å². The van der Waals surface area contributed by atoms with Gasteiger partial charge in [0, 0.05) is 28.9 Å². The minimum atomic E-state index is -0.0153. The zero-order valence-corrected chi connectivity index (χ0v) is 33.2. The summed E-state index contributed by atoms with van der Waals surface area (Å²) in [6.45, 7) is 13.4. The second-order valence-corrected chi connectivity index (χ2v) is 15.7. The topological polar surface area (TPSA) is 39.9 Å². The number of fused-ring (bicyclic) bond motifs is 4. The van der Waals surface area contributed by atoms with Crippen LogP contribution in [0.3, 0.4) is 0 Å². The summed E-state index contributed by atoms with van der Waals surface area (Å²) in [7, 11) is 0. The van der Waals surface area contributed by atoms with Crippen molar-refractivity contribution in [2.75, 3.05) is 0 Å². The monoisotopic (exact) mass is 876 g/mol. The van der Waals surface area contributed by atoms with Crippen molar-refractivity contribution in [2.24, 2.45) is 0 Å². The van der Waals surface area contributed by atoms with Crippen LogP contribution in [-0.4, -0.2) is 14.5 Å². The van der Waals surface area contributed by atoms with Gasteiger partial charge >= 0.3 is 21.1 Å². The maximum atomic E-state index is 6.46. The van der Waals surface area contributed by atoms with Crippen LogP contribution in [0.5, 0.6) is 11.6 Å². The molecule has 0 saturated heterocycles. The van der Waals surface area contributed by atoms with Gasteiger partial charge in [0.05, 0.1) is 5.52 Å². The van der Waals surface area contributed by atoms with Gasteiger partial charge in [0.15, 0.2) is 0 Å². The van der Waals surface area contributed by atoms with Gasteiger partial charge in [0.25, 0.3) is 0 Å². The van der Waals surface area contributed by atoms with Crippen LogP contribution in [0.1, 0.15) is 52.7 Å². The van der Waals surface area contributed by atoms with Crippen LogP contribution in [0.4, 0.5) is 0 Å². The summed E-state index contributed by atoms with van der Waals surface area (Å²) >= 11 is 5.86. The number of hydrogen-bond donors (Lipinski definition) is 0. The maximum Gasteiger partial charge on any atom is 2.00 e. The largest absolute Gasteiger partial charge is 2.00 e. The molecule has 0 amide bonds. The molecule has 260 valence electrons. The average molecular weight is 877 g/mol. The zero-order valence-electron chi connectivity index (χ0n) is 30.1. The van der Waals surface area contributed by atoms with Crippen molar-refractivity contribution in [2.45, 2.75) is 57.3 Å². The molecule has 5 aromatic carbocycles. The Morgan fingerprint density at radius 1 is 0.635 bits per heavy atom. The first kappa shape index (κ1) is 35.6. The number of ether oxygens (including phenoxy) is 1. The van der Waals surface area contributed by atoms with Gasteiger partial charge in [0.1, 0.15) is 5.82 Å². The number of benzene rings is 5. The van der Waals surface area contributed by atoms with Crippen molar-refractivity contribution in [3.05, 3.63) is 145 Å². The van der Waals surface area contributed by atoms with Crippen molar-refractivity contribution in [3.63, 3.8) is 0 Å². The normalized spacial score (nSPS) is 12.0. The Kier molecular flexibility index (Phi) is 9.31. The van der Waals surface area contributed by atoms with Gasteiger partial charge in [-0.3, -0.25) is 0 Å². The van der Waals surface area contributed by atoms with Crippen LogP contribution in [0, 0.1) is 6.07 Å². The van der Waals surface area contributed by atoms with E-state index in [4.69, 9.17) is 27.3 Å². The molecule has 8 aromatic rings. The predicted octanol–water partition coefficient (Wildman–Crippen LogP) is 12.2. The van der Waals surface area contributed by atoms with Crippen LogP contribution < -0.4 is 4.74 Å². The van der Waals surface area contributed by atoms with Gasteiger partial charge in [0.2, 0.25) is 5.88 Å². The number of aromatic nitrogens is 3. The van der Waals surface area contributed by atoms with E-state index >= 15 is 0 Å². The molecule has 0 aliphatic carbocycles. The molecule has 52 heavy (non-hydrogen) atoms. The van der Waals surface area contributed by atoms with E-state index in [9.17, 15) is 0 Å². The van der Waals surface area contributed by atoms with E-state index < -0.39 is 0 Å². The van der Waals surface area contributed by atoms with Crippen molar-refractivity contribution >= 4 is 45.3 Å². The van der Waals surface area contributed by atoms with E-state index in [2.05, 4.69) is 155 Å². The second-order valence-electron chi connectivity index (χ2n) is 15.2. The van der Waals surface area contributed by atoms with Crippen LogP contribution in [0.15, 0.2) is 132 Å². The fourth-order valence-corrected chi connectivity index (χ4v) is 7.08. The third-order valence-corrected chi connectivity index (χ3v) is 10.00. The first-order valence-corrected chi connectivity index (χ1v) is 17.8. The van der Waals surface area contributed by atoms with Gasteiger partial charge in [-0.2, -0.15) is 6.07 Å². The second kappa shape index (κ2) is 13.6. The van der Waals surface area contributed by atoms with Crippen molar-refractivity contribution < 1.29 is 25.8 Å². The van der Waals surface area contributed by atoms with Gasteiger partial charge < -0.3 is 21.9 Å². The summed E-state index contributed by atoms with van der Waals surface area (Å²) in [5, 5.41) is 3.20. The molecule has 4 nitrogen and oxygen atoms in total. The fraction of sp³-hybridized carbons (Fsp3) is 0.174. The summed E-state index contributed by atoms with van der Waals surface area (Å²) in [6, 6.07) is 45.7. The molecule has 0 saturated carbocycles. The molecule has 0 unspecified atom stereocenters. The van der Waals surface area contributed by atoms with E-state index in [0.717, 1.165) is 49.7 Å². The molecule has 8 rings (SSSR count). The molecule has 3 heterocycles. The molecule has 0 aliphatic rings. The standard InChI is InChI=1S/C46H40N3OS.Pt/c1-45(2,3)30-16-18-34(38(26-30)29-12-8-7-9-13-29)33-20-22-41(51)44-37(33)21-23-43(48-44)50-32-17-19-36-35-14-10-11-15-39(35)49(40(36)28-32)42-27-31(24-25-47-42)46(4,5)6;/h7-27,51H,1-6H3;/q-1;+2/p-1. The molecule has 0 spiro atoms. The molecular weight excluding hydrogens is 838 g/mol. The van der Waals surface area contributed by atoms with E-state index in [1.54, 1.807) is 0 Å². The Bertz CT molecular complexity index is 2600. The predicted molar refractivity (Wildman–Crippen MR) is 213 cm³/mol. The minimum absolute atomic E-state index is 0. The van der Waals surface area contributed by atoms with Crippen molar-refractivity contribution in [3.8, 4) is 39.7 Å². The van der Waals surface area contributed by atoms with Crippen LogP contribution in [0.25, 0.3) is 60.8 Å². The summed E-state index contributed by atoms with van der Waals surface area (Å²) in [5.41, 5.74) is 9.77. The number of nitrogens with zero attached hydrogens (tertiary/aromatic N) is 3. The van der Waals surface area contributed by atoms with Crippen molar-refractivity contribution in [1.82, 2.24) is 14.5 Å². The van der Waals surface area contributed by atoms with Crippen LogP contribution in [-0.2, 0) is 44.5 Å². The average Bonchev–Trinajstić information content (AvgIpc) is 3.45. The summed E-state index contributed by atoms with van der Waals surface area (Å²) in [5.74, 6) is 1.87. The van der Waals surface area contributed by atoms with E-state index in [0.29, 0.717) is 16.5 Å². The first-order valence-electron chi connectivity index (χ1n) is 17.4. The van der Waals surface area contributed by atoms with E-state index in [1.165, 1.54) is 22.3 Å². The fourth-order valence-electron chi connectivity index (χ4n) is 6.86. The number of pyridine rings is 2. The SMILES string of the molecule is CC(C)(C)c1ccnc(-n2c3[c-]c(Oc4ccc5c(-c6ccc(C(C)(C)C)cc6-c6ccccc6)ccc([S-])c5n4)ccc3c3ccccc32)c1.[Pt+2]. The Morgan fingerprint density at radius 2 is 1.33 bits per heavy atom. The van der Waals surface area contributed by atoms with Gasteiger partial charge in [-0.25, -0.2) is 9.97 Å². The molecule has 0 N–H and O–H groups in total. The number of hydrogen-bond acceptors (Lipinski definition) is 4. The molecule has 0 bridgehead atoms. The number of rotatable bonds is 5. The van der Waals surface area contributed by atoms with E-state index in [-0.39, 0.29) is 31.9 Å². The molecule has 0 radical (unpaired) electrons. The quantitative estimate of drug-likeness (QED) is 0.128. The Hall–Kier alpha value is -4.83. The maximum absolute atomic E-state index is 6.46. The van der Waals surface area contributed by atoms with Gasteiger partial charge in [-0.1, -0.05) is 126 Å². The molecular formula is C46H39N3OPtS. The first-order chi connectivity index (χ1) is 24.5. The third-order valence-electron chi connectivity index (χ3n) is 9.67. The molecule has 0 atom stereocenters. The number of para-hydroxylation sites is 1.